The smallest absolute Gasteiger partial charge is 0.0462 e. The Hall–Kier alpha value is -6.64. The molecule has 0 heterocycles. The van der Waals surface area contributed by atoms with Crippen molar-refractivity contribution in [2.45, 2.75) is 53.4 Å². The second-order valence-corrected chi connectivity index (χ2v) is 15.0. The first-order valence-corrected chi connectivity index (χ1v) is 20.9. The van der Waals surface area contributed by atoms with Gasteiger partial charge in [0.1, 0.15) is 0 Å². The third kappa shape index (κ3) is 8.38. The lowest BCUT2D eigenvalue weighted by atomic mass is 9.93. The highest BCUT2D eigenvalue weighted by Gasteiger charge is 2.16. The number of hydrogen-bond donors (Lipinski definition) is 0. The molecular formula is C56H52N2. The minimum atomic E-state index is 1.02. The lowest BCUT2D eigenvalue weighted by Crippen LogP contribution is -2.10. The van der Waals surface area contributed by atoms with Gasteiger partial charge in [0.05, 0.1) is 0 Å². The number of anilines is 6. The van der Waals surface area contributed by atoms with Gasteiger partial charge in [-0.2, -0.15) is 0 Å². The molecule has 8 rings (SSSR count). The fraction of sp³-hybridized carbons (Fsp3) is 0.143. The van der Waals surface area contributed by atoms with Gasteiger partial charge in [-0.3, -0.25) is 0 Å². The SMILES string of the molecule is CCc1ccc(N(c2ccc(CC)cc2)c2ccc(-c3cc(-c4ccccc4)cc(-c4ccc(N(c5ccc(CC)cc5)c5ccc(CC)cc5)cc4)c3)cc2)cc1. The highest BCUT2D eigenvalue weighted by molar-refractivity contribution is 5.85. The number of aryl methyl sites for hydroxylation is 4. The van der Waals surface area contributed by atoms with Gasteiger partial charge >= 0.3 is 0 Å². The average Bonchev–Trinajstić information content (AvgIpc) is 3.30. The van der Waals surface area contributed by atoms with E-state index in [0.29, 0.717) is 0 Å². The fourth-order valence-corrected chi connectivity index (χ4v) is 7.78. The van der Waals surface area contributed by atoms with Crippen molar-refractivity contribution in [1.82, 2.24) is 0 Å². The van der Waals surface area contributed by atoms with Crippen molar-refractivity contribution in [3.05, 3.63) is 216 Å². The van der Waals surface area contributed by atoms with Gasteiger partial charge in [-0.15, -0.1) is 0 Å². The predicted molar refractivity (Wildman–Crippen MR) is 250 cm³/mol. The first-order chi connectivity index (χ1) is 28.5. The van der Waals surface area contributed by atoms with Gasteiger partial charge in [0.25, 0.3) is 0 Å². The van der Waals surface area contributed by atoms with Crippen LogP contribution in [0.15, 0.2) is 194 Å². The molecule has 0 radical (unpaired) electrons. The molecular weight excluding hydrogens is 701 g/mol. The predicted octanol–water partition coefficient (Wildman–Crippen LogP) is 15.9. The zero-order chi connectivity index (χ0) is 39.8. The molecule has 58 heavy (non-hydrogen) atoms. The molecule has 0 aliphatic carbocycles. The van der Waals surface area contributed by atoms with Crippen molar-refractivity contribution in [1.29, 1.82) is 0 Å². The van der Waals surface area contributed by atoms with Crippen LogP contribution in [0.1, 0.15) is 49.9 Å². The Kier molecular flexibility index (Phi) is 11.6. The number of nitrogens with zero attached hydrogens (tertiary/aromatic N) is 2. The van der Waals surface area contributed by atoms with E-state index in [1.165, 1.54) is 55.6 Å². The van der Waals surface area contributed by atoms with E-state index in [4.69, 9.17) is 0 Å². The summed E-state index contributed by atoms with van der Waals surface area (Å²) in [7, 11) is 0. The summed E-state index contributed by atoms with van der Waals surface area (Å²) in [6.07, 6.45) is 4.09. The first-order valence-electron chi connectivity index (χ1n) is 20.9. The van der Waals surface area contributed by atoms with Crippen LogP contribution in [-0.2, 0) is 25.7 Å². The van der Waals surface area contributed by atoms with E-state index < -0.39 is 0 Å². The van der Waals surface area contributed by atoms with Crippen LogP contribution in [-0.4, -0.2) is 0 Å². The molecule has 8 aromatic carbocycles. The van der Waals surface area contributed by atoms with E-state index in [0.717, 1.165) is 59.8 Å². The molecule has 2 nitrogen and oxygen atoms in total. The summed E-state index contributed by atoms with van der Waals surface area (Å²) in [5, 5.41) is 0. The first kappa shape index (κ1) is 38.2. The van der Waals surface area contributed by atoms with E-state index in [9.17, 15) is 0 Å². The Balaban J connectivity index is 1.16. The molecule has 0 saturated carbocycles. The summed E-state index contributed by atoms with van der Waals surface area (Å²) in [5.41, 5.74) is 19.4. The fourth-order valence-electron chi connectivity index (χ4n) is 7.78. The van der Waals surface area contributed by atoms with E-state index in [1.54, 1.807) is 0 Å². The van der Waals surface area contributed by atoms with Gasteiger partial charge in [0.2, 0.25) is 0 Å². The number of benzene rings is 8. The molecule has 0 bridgehead atoms. The minimum Gasteiger partial charge on any atom is -0.311 e. The molecule has 0 amide bonds. The molecule has 0 aromatic heterocycles. The van der Waals surface area contributed by atoms with Crippen molar-refractivity contribution >= 4 is 34.1 Å². The quantitative estimate of drug-likeness (QED) is 0.116. The van der Waals surface area contributed by atoms with Crippen molar-refractivity contribution in [3.63, 3.8) is 0 Å². The van der Waals surface area contributed by atoms with Gasteiger partial charge < -0.3 is 9.80 Å². The Labute approximate surface area is 345 Å². The molecule has 0 aliphatic rings. The molecule has 2 heteroatoms. The second kappa shape index (κ2) is 17.7. The third-order valence-corrected chi connectivity index (χ3v) is 11.4. The maximum Gasteiger partial charge on any atom is 0.0462 e. The van der Waals surface area contributed by atoms with Gasteiger partial charge in [-0.25, -0.2) is 0 Å². The molecule has 0 N–H and O–H groups in total. The topological polar surface area (TPSA) is 6.48 Å². The monoisotopic (exact) mass is 752 g/mol. The van der Waals surface area contributed by atoms with Gasteiger partial charge in [-0.1, -0.05) is 131 Å². The van der Waals surface area contributed by atoms with Gasteiger partial charge in [-0.05, 0) is 172 Å². The maximum atomic E-state index is 2.36. The van der Waals surface area contributed by atoms with Crippen molar-refractivity contribution in [2.75, 3.05) is 9.80 Å². The largest absolute Gasteiger partial charge is 0.311 e. The second-order valence-electron chi connectivity index (χ2n) is 15.0. The highest BCUT2D eigenvalue weighted by Crippen LogP contribution is 2.40. The zero-order valence-electron chi connectivity index (χ0n) is 34.2. The third-order valence-electron chi connectivity index (χ3n) is 11.4. The van der Waals surface area contributed by atoms with Crippen molar-refractivity contribution in [2.24, 2.45) is 0 Å². The van der Waals surface area contributed by atoms with E-state index in [2.05, 4.69) is 232 Å². The minimum absolute atomic E-state index is 1.02. The Morgan fingerprint density at radius 3 is 0.707 bits per heavy atom. The van der Waals surface area contributed by atoms with Crippen LogP contribution in [0.2, 0.25) is 0 Å². The van der Waals surface area contributed by atoms with Crippen LogP contribution in [0.3, 0.4) is 0 Å². The molecule has 0 aliphatic heterocycles. The van der Waals surface area contributed by atoms with E-state index >= 15 is 0 Å². The van der Waals surface area contributed by atoms with Crippen LogP contribution in [0.5, 0.6) is 0 Å². The Bertz CT molecular complexity index is 2280. The lowest BCUT2D eigenvalue weighted by molar-refractivity contribution is 1.13. The number of rotatable bonds is 13. The summed E-state index contributed by atoms with van der Waals surface area (Å²) in [6, 6.07) is 71.7. The maximum absolute atomic E-state index is 2.36. The summed E-state index contributed by atoms with van der Waals surface area (Å²) in [4.78, 5) is 4.71. The number of hydrogen-bond acceptors (Lipinski definition) is 2. The molecule has 8 aromatic rings. The van der Waals surface area contributed by atoms with Crippen LogP contribution < -0.4 is 9.80 Å². The van der Waals surface area contributed by atoms with Crippen LogP contribution in [0.25, 0.3) is 33.4 Å². The van der Waals surface area contributed by atoms with Crippen LogP contribution in [0.4, 0.5) is 34.1 Å². The molecule has 286 valence electrons. The summed E-state index contributed by atoms with van der Waals surface area (Å²) >= 11 is 0. The summed E-state index contributed by atoms with van der Waals surface area (Å²) in [5.74, 6) is 0. The van der Waals surface area contributed by atoms with Crippen molar-refractivity contribution < 1.29 is 0 Å². The van der Waals surface area contributed by atoms with Crippen LogP contribution >= 0.6 is 0 Å². The Morgan fingerprint density at radius 1 is 0.241 bits per heavy atom. The Morgan fingerprint density at radius 2 is 0.466 bits per heavy atom. The summed E-state index contributed by atoms with van der Waals surface area (Å²) in [6.45, 7) is 8.82. The summed E-state index contributed by atoms with van der Waals surface area (Å²) < 4.78 is 0. The molecule has 0 spiro atoms. The molecule has 0 atom stereocenters. The van der Waals surface area contributed by atoms with Gasteiger partial charge in [0.15, 0.2) is 0 Å². The molecule has 0 saturated heterocycles. The average molecular weight is 753 g/mol. The van der Waals surface area contributed by atoms with Crippen molar-refractivity contribution in [3.8, 4) is 33.4 Å². The zero-order valence-corrected chi connectivity index (χ0v) is 34.2. The van der Waals surface area contributed by atoms with Crippen LogP contribution in [0, 0.1) is 0 Å². The van der Waals surface area contributed by atoms with Gasteiger partial charge in [0, 0.05) is 34.1 Å². The van der Waals surface area contributed by atoms with E-state index in [-0.39, 0.29) is 0 Å². The molecule has 0 unspecified atom stereocenters. The highest BCUT2D eigenvalue weighted by atomic mass is 15.1. The molecule has 0 fully saturated rings. The normalized spacial score (nSPS) is 11.0. The standard InChI is InChI=1S/C56H52N2/c1-5-41-14-26-51(27-15-41)57(52-28-16-42(6-2)17-29-52)55-34-22-46(23-35-55)49-38-48(45-12-10-9-11-13-45)39-50(40-49)47-24-36-56(37-25-47)58(53-30-18-43(7-3)19-31-53)54-32-20-44(8-4)21-33-54/h9-40H,5-8H2,1-4H3. The van der Waals surface area contributed by atoms with E-state index in [1.807, 2.05) is 0 Å². The lowest BCUT2D eigenvalue weighted by Gasteiger charge is -2.26.